The third-order valence-corrected chi connectivity index (χ3v) is 5.64. The van der Waals surface area contributed by atoms with Crippen LogP contribution >= 0.6 is 47.2 Å². The van der Waals surface area contributed by atoms with Crippen LogP contribution in [-0.2, 0) is 6.42 Å². The van der Waals surface area contributed by atoms with Gasteiger partial charge >= 0.3 is 0 Å². The highest BCUT2D eigenvalue weighted by Gasteiger charge is 2.55. The Morgan fingerprint density at radius 3 is 2.76 bits per heavy atom. The van der Waals surface area contributed by atoms with Gasteiger partial charge < -0.3 is 11.1 Å². The third-order valence-electron chi connectivity index (χ3n) is 5.08. The summed E-state index contributed by atoms with van der Waals surface area (Å²) in [5.74, 6) is 1.62. The molecule has 2 aliphatic rings. The maximum atomic E-state index is 6.25. The molecule has 0 bridgehead atoms. The van der Waals surface area contributed by atoms with E-state index in [4.69, 9.17) is 33.9 Å². The van der Waals surface area contributed by atoms with Gasteiger partial charge in [0.1, 0.15) is 0 Å². The summed E-state index contributed by atoms with van der Waals surface area (Å²) in [5, 5.41) is 4.50. The molecule has 4 rings (SSSR count). The molecule has 1 fully saturated rings. The molecule has 6 heteroatoms. The number of halogens is 3. The van der Waals surface area contributed by atoms with Gasteiger partial charge in [-0.1, -0.05) is 53.5 Å². The van der Waals surface area contributed by atoms with E-state index in [0.717, 1.165) is 12.0 Å². The molecular formula is C19H20Cl2IN3. The Kier molecular flexibility index (Phi) is 5.51. The topological polar surface area (TPSA) is 50.4 Å². The number of nitrogens with zero attached hydrogens (tertiary/aromatic N) is 1. The Bertz CT molecular complexity index is 824. The second-order valence-electron chi connectivity index (χ2n) is 6.63. The van der Waals surface area contributed by atoms with Crippen LogP contribution in [0.25, 0.3) is 0 Å². The smallest absolute Gasteiger partial charge is 0.189 e. The van der Waals surface area contributed by atoms with Crippen LogP contribution in [0, 0.1) is 5.92 Å². The molecule has 4 unspecified atom stereocenters. The fourth-order valence-corrected chi connectivity index (χ4v) is 4.42. The van der Waals surface area contributed by atoms with Gasteiger partial charge in [0.2, 0.25) is 0 Å². The normalized spacial score (nSPS) is 24.8. The molecule has 2 aliphatic carbocycles. The number of guanidine groups is 1. The van der Waals surface area contributed by atoms with Gasteiger partial charge in [-0.3, -0.25) is 0 Å². The van der Waals surface area contributed by atoms with Crippen LogP contribution in [0.2, 0.25) is 10.0 Å². The molecule has 2 aromatic carbocycles. The monoisotopic (exact) mass is 487 g/mol. The molecule has 0 aliphatic heterocycles. The van der Waals surface area contributed by atoms with E-state index in [0.29, 0.717) is 33.9 Å². The SMILES string of the molecule is CC(NC(N)=NC1C2Cc3ccccc3C21)c1ccc(Cl)cc1Cl.I. The lowest BCUT2D eigenvalue weighted by atomic mass is 10.1. The van der Waals surface area contributed by atoms with Crippen LogP contribution in [0.5, 0.6) is 0 Å². The minimum atomic E-state index is -0.0237. The van der Waals surface area contributed by atoms with E-state index in [9.17, 15) is 0 Å². The first-order valence-electron chi connectivity index (χ1n) is 8.17. The number of nitrogens with two attached hydrogens (primary N) is 1. The summed E-state index contributed by atoms with van der Waals surface area (Å²) in [7, 11) is 0. The van der Waals surface area contributed by atoms with Crippen molar-refractivity contribution in [1.29, 1.82) is 0 Å². The summed E-state index contributed by atoms with van der Waals surface area (Å²) < 4.78 is 0. The van der Waals surface area contributed by atoms with E-state index >= 15 is 0 Å². The minimum absolute atomic E-state index is 0. The average Bonchev–Trinajstić information content (AvgIpc) is 3.03. The lowest BCUT2D eigenvalue weighted by Gasteiger charge is -2.16. The van der Waals surface area contributed by atoms with E-state index in [1.807, 2.05) is 19.1 Å². The summed E-state index contributed by atoms with van der Waals surface area (Å²) in [5.41, 5.74) is 9.99. The number of benzene rings is 2. The van der Waals surface area contributed by atoms with Crippen LogP contribution in [0.4, 0.5) is 0 Å². The van der Waals surface area contributed by atoms with Crippen molar-refractivity contribution < 1.29 is 0 Å². The van der Waals surface area contributed by atoms with Crippen molar-refractivity contribution in [2.24, 2.45) is 16.6 Å². The van der Waals surface area contributed by atoms with Gasteiger partial charge in [0.25, 0.3) is 0 Å². The van der Waals surface area contributed by atoms with Crippen molar-refractivity contribution in [3.8, 4) is 0 Å². The molecule has 0 aromatic heterocycles. The zero-order chi connectivity index (χ0) is 16.8. The van der Waals surface area contributed by atoms with Gasteiger partial charge in [0.05, 0.1) is 12.1 Å². The quantitative estimate of drug-likeness (QED) is 0.367. The van der Waals surface area contributed by atoms with Crippen LogP contribution in [0.3, 0.4) is 0 Å². The highest BCUT2D eigenvalue weighted by molar-refractivity contribution is 14.0. The molecule has 2 aromatic rings. The van der Waals surface area contributed by atoms with Crippen molar-refractivity contribution >= 4 is 53.1 Å². The van der Waals surface area contributed by atoms with Crippen LogP contribution in [0.1, 0.15) is 35.6 Å². The first kappa shape index (κ1) is 18.8. The van der Waals surface area contributed by atoms with Crippen molar-refractivity contribution in [3.63, 3.8) is 0 Å². The lowest BCUT2D eigenvalue weighted by Crippen LogP contribution is -2.34. The van der Waals surface area contributed by atoms with Gasteiger partial charge in [-0.15, -0.1) is 24.0 Å². The third kappa shape index (κ3) is 3.62. The molecule has 132 valence electrons. The van der Waals surface area contributed by atoms with Crippen molar-refractivity contribution in [2.75, 3.05) is 0 Å². The summed E-state index contributed by atoms with van der Waals surface area (Å²) in [6.45, 7) is 2.01. The van der Waals surface area contributed by atoms with Crippen LogP contribution in [0.15, 0.2) is 47.5 Å². The van der Waals surface area contributed by atoms with E-state index in [2.05, 4.69) is 29.6 Å². The predicted octanol–water partition coefficient (Wildman–Crippen LogP) is 4.92. The van der Waals surface area contributed by atoms with Crippen molar-refractivity contribution in [1.82, 2.24) is 5.32 Å². The van der Waals surface area contributed by atoms with Crippen molar-refractivity contribution in [2.45, 2.75) is 31.3 Å². The lowest BCUT2D eigenvalue weighted by molar-refractivity contribution is 0.702. The molecular weight excluding hydrogens is 468 g/mol. The van der Waals surface area contributed by atoms with Gasteiger partial charge in [-0.05, 0) is 48.1 Å². The zero-order valence-corrected chi connectivity index (χ0v) is 17.6. The molecule has 0 saturated heterocycles. The highest BCUT2D eigenvalue weighted by atomic mass is 127. The summed E-state index contributed by atoms with van der Waals surface area (Å²) in [4.78, 5) is 4.70. The number of hydrogen-bond donors (Lipinski definition) is 2. The molecule has 0 heterocycles. The Morgan fingerprint density at radius 1 is 1.24 bits per heavy atom. The summed E-state index contributed by atoms with van der Waals surface area (Å²) in [6, 6.07) is 14.4. The molecule has 1 saturated carbocycles. The molecule has 4 atom stereocenters. The number of fused-ring (bicyclic) bond motifs is 3. The predicted molar refractivity (Wildman–Crippen MR) is 115 cm³/mol. The number of nitrogens with one attached hydrogen (secondary N) is 1. The van der Waals surface area contributed by atoms with Gasteiger partial charge in [-0.25, -0.2) is 4.99 Å². The number of hydrogen-bond acceptors (Lipinski definition) is 1. The Labute approximate surface area is 175 Å². The molecule has 0 amide bonds. The van der Waals surface area contributed by atoms with E-state index in [1.165, 1.54) is 11.1 Å². The second kappa shape index (κ2) is 7.33. The maximum absolute atomic E-state index is 6.25. The molecule has 3 N–H and O–H groups in total. The highest BCUT2D eigenvalue weighted by Crippen LogP contribution is 2.58. The Hall–Kier alpha value is -0.980. The first-order valence-corrected chi connectivity index (χ1v) is 8.92. The van der Waals surface area contributed by atoms with Gasteiger partial charge in [0.15, 0.2) is 5.96 Å². The molecule has 3 nitrogen and oxygen atoms in total. The standard InChI is InChI=1S/C19H19Cl2N3.HI/c1-10(13-7-6-12(20)9-16(13)21)23-19(22)24-18-15-8-11-4-2-3-5-14(11)17(15)18;/h2-7,9-10,15,17-18H,8H2,1H3,(H3,22,23,24);1H. The fraction of sp³-hybridized carbons (Fsp3) is 0.316. The van der Waals surface area contributed by atoms with Gasteiger partial charge in [-0.2, -0.15) is 0 Å². The van der Waals surface area contributed by atoms with E-state index in [1.54, 1.807) is 6.07 Å². The van der Waals surface area contributed by atoms with Gasteiger partial charge in [0, 0.05) is 16.0 Å². The molecule has 0 spiro atoms. The van der Waals surface area contributed by atoms with Crippen LogP contribution < -0.4 is 11.1 Å². The maximum Gasteiger partial charge on any atom is 0.189 e. The summed E-state index contributed by atoms with van der Waals surface area (Å²) >= 11 is 12.2. The van der Waals surface area contributed by atoms with Crippen molar-refractivity contribution in [3.05, 3.63) is 69.2 Å². The minimum Gasteiger partial charge on any atom is -0.370 e. The largest absolute Gasteiger partial charge is 0.370 e. The Morgan fingerprint density at radius 2 is 2.00 bits per heavy atom. The van der Waals surface area contributed by atoms with E-state index in [-0.39, 0.29) is 30.0 Å². The van der Waals surface area contributed by atoms with E-state index < -0.39 is 0 Å². The second-order valence-corrected chi connectivity index (χ2v) is 7.47. The van der Waals surface area contributed by atoms with Crippen LogP contribution in [-0.4, -0.2) is 12.0 Å². The summed E-state index contributed by atoms with van der Waals surface area (Å²) in [6.07, 6.45) is 1.11. The fourth-order valence-electron chi connectivity index (χ4n) is 3.84. The molecule has 0 radical (unpaired) electrons. The zero-order valence-electron chi connectivity index (χ0n) is 13.7. The number of rotatable bonds is 3. The molecule has 25 heavy (non-hydrogen) atoms. The first-order chi connectivity index (χ1) is 11.5. The number of aliphatic imine (C=N–C) groups is 1. The Balaban J connectivity index is 0.00000182. The average molecular weight is 488 g/mol.